The molecule has 0 bridgehead atoms. The second kappa shape index (κ2) is 6.29. The lowest BCUT2D eigenvalue weighted by molar-refractivity contribution is 0.463. The van der Waals surface area contributed by atoms with Gasteiger partial charge in [-0.1, -0.05) is 0 Å². The molecule has 0 atom stereocenters. The summed E-state index contributed by atoms with van der Waals surface area (Å²) in [6.45, 7) is 2.87. The summed E-state index contributed by atoms with van der Waals surface area (Å²) in [5.41, 5.74) is 2.42. The number of anilines is 1. The van der Waals surface area contributed by atoms with Gasteiger partial charge in [0.25, 0.3) is 0 Å². The van der Waals surface area contributed by atoms with E-state index in [0.717, 1.165) is 5.69 Å². The van der Waals surface area contributed by atoms with Crippen LogP contribution in [-0.2, 0) is 16.6 Å². The van der Waals surface area contributed by atoms with Crippen molar-refractivity contribution in [3.8, 4) is 0 Å². The van der Waals surface area contributed by atoms with Gasteiger partial charge in [-0.2, -0.15) is 4.31 Å². The zero-order valence-electron chi connectivity index (χ0n) is 11.3. The molecule has 0 saturated carbocycles. The van der Waals surface area contributed by atoms with Gasteiger partial charge in [-0.25, -0.2) is 18.4 Å². The predicted octanol–water partition coefficient (Wildman–Crippen LogP) is 1.79. The van der Waals surface area contributed by atoms with Gasteiger partial charge in [0.1, 0.15) is 5.82 Å². The van der Waals surface area contributed by atoms with Gasteiger partial charge in [-0.3, -0.25) is 0 Å². The first kappa shape index (κ1) is 14.9. The monoisotopic (exact) mass is 312 g/mol. The number of sulfonamides is 1. The highest BCUT2D eigenvalue weighted by molar-refractivity contribution is 7.89. The minimum atomic E-state index is -3.54. The molecule has 108 valence electrons. The summed E-state index contributed by atoms with van der Waals surface area (Å²) in [7, 11) is -1.99. The SMILES string of the molecule is CCNc1cc(S(=O)(=O)N(C)Cc2cscn2)ccn1. The maximum absolute atomic E-state index is 12.5. The molecule has 0 spiro atoms. The molecule has 2 heterocycles. The molecule has 0 radical (unpaired) electrons. The number of aromatic nitrogens is 2. The Labute approximate surface area is 122 Å². The lowest BCUT2D eigenvalue weighted by atomic mass is 10.4. The van der Waals surface area contributed by atoms with E-state index in [1.54, 1.807) is 12.6 Å². The summed E-state index contributed by atoms with van der Waals surface area (Å²) in [6.07, 6.45) is 1.49. The van der Waals surface area contributed by atoms with E-state index in [0.29, 0.717) is 12.4 Å². The molecule has 2 aromatic heterocycles. The van der Waals surface area contributed by atoms with Crippen molar-refractivity contribution in [1.29, 1.82) is 0 Å². The van der Waals surface area contributed by atoms with Crippen molar-refractivity contribution in [2.45, 2.75) is 18.4 Å². The van der Waals surface area contributed by atoms with Crippen molar-refractivity contribution < 1.29 is 8.42 Å². The summed E-state index contributed by atoms with van der Waals surface area (Å²) in [6, 6.07) is 3.03. The smallest absolute Gasteiger partial charge is 0.243 e. The highest BCUT2D eigenvalue weighted by Gasteiger charge is 2.22. The first-order valence-corrected chi connectivity index (χ1v) is 8.45. The Hall–Kier alpha value is -1.51. The van der Waals surface area contributed by atoms with Crippen molar-refractivity contribution in [2.75, 3.05) is 18.9 Å². The summed E-state index contributed by atoms with van der Waals surface area (Å²) in [5.74, 6) is 0.552. The standard InChI is InChI=1S/C12H16N4O2S2/c1-3-13-12-6-11(4-5-14-12)20(17,18)16(2)7-10-8-19-9-15-10/h4-6,8-9H,3,7H2,1-2H3,(H,13,14). The van der Waals surface area contributed by atoms with Gasteiger partial charge >= 0.3 is 0 Å². The molecule has 0 unspecified atom stereocenters. The molecule has 0 saturated heterocycles. The Bertz CT molecular complexity index is 656. The van der Waals surface area contributed by atoms with E-state index < -0.39 is 10.0 Å². The van der Waals surface area contributed by atoms with Gasteiger partial charge in [-0.05, 0) is 13.0 Å². The van der Waals surface area contributed by atoms with Crippen LogP contribution in [0.3, 0.4) is 0 Å². The Morgan fingerprint density at radius 3 is 2.85 bits per heavy atom. The second-order valence-corrected chi connectivity index (χ2v) is 6.91. The summed E-state index contributed by atoms with van der Waals surface area (Å²) < 4.78 is 26.2. The number of thiazole rings is 1. The van der Waals surface area contributed by atoms with E-state index in [-0.39, 0.29) is 11.4 Å². The fourth-order valence-electron chi connectivity index (χ4n) is 1.66. The Morgan fingerprint density at radius 2 is 2.20 bits per heavy atom. The maximum atomic E-state index is 12.5. The Balaban J connectivity index is 2.22. The lowest BCUT2D eigenvalue weighted by Gasteiger charge is -2.16. The van der Waals surface area contributed by atoms with Crippen molar-refractivity contribution in [3.05, 3.63) is 34.9 Å². The van der Waals surface area contributed by atoms with Crippen molar-refractivity contribution >= 4 is 27.2 Å². The molecule has 2 rings (SSSR count). The third kappa shape index (κ3) is 3.33. The Kier molecular flexibility index (Phi) is 4.69. The topological polar surface area (TPSA) is 75.2 Å². The van der Waals surface area contributed by atoms with E-state index in [1.807, 2.05) is 12.3 Å². The normalized spacial score (nSPS) is 11.8. The lowest BCUT2D eigenvalue weighted by Crippen LogP contribution is -2.26. The fourth-order valence-corrected chi connectivity index (χ4v) is 3.36. The van der Waals surface area contributed by atoms with E-state index >= 15 is 0 Å². The number of hydrogen-bond acceptors (Lipinski definition) is 6. The summed E-state index contributed by atoms with van der Waals surface area (Å²) in [4.78, 5) is 8.39. The highest BCUT2D eigenvalue weighted by atomic mass is 32.2. The molecule has 2 aromatic rings. The zero-order valence-corrected chi connectivity index (χ0v) is 12.9. The molecular formula is C12H16N4O2S2. The second-order valence-electron chi connectivity index (χ2n) is 4.15. The molecular weight excluding hydrogens is 296 g/mol. The average Bonchev–Trinajstić information content (AvgIpc) is 2.92. The third-order valence-electron chi connectivity index (χ3n) is 2.67. The van der Waals surface area contributed by atoms with Gasteiger partial charge in [0.05, 0.1) is 22.6 Å². The zero-order chi connectivity index (χ0) is 14.6. The highest BCUT2D eigenvalue weighted by Crippen LogP contribution is 2.18. The predicted molar refractivity (Wildman–Crippen MR) is 79.2 cm³/mol. The van der Waals surface area contributed by atoms with Crippen molar-refractivity contribution in [2.24, 2.45) is 0 Å². The minimum absolute atomic E-state index is 0.223. The molecule has 6 nitrogen and oxygen atoms in total. The Morgan fingerprint density at radius 1 is 1.40 bits per heavy atom. The number of nitrogens with zero attached hydrogens (tertiary/aromatic N) is 3. The van der Waals surface area contributed by atoms with Gasteiger partial charge in [0.2, 0.25) is 10.0 Å². The van der Waals surface area contributed by atoms with Crippen molar-refractivity contribution in [3.63, 3.8) is 0 Å². The van der Waals surface area contributed by atoms with Gasteiger partial charge < -0.3 is 5.32 Å². The van der Waals surface area contributed by atoms with Crippen LogP contribution in [0, 0.1) is 0 Å². The van der Waals surface area contributed by atoms with Crippen LogP contribution in [0.15, 0.2) is 34.1 Å². The van der Waals surface area contributed by atoms with Gasteiger partial charge in [0.15, 0.2) is 0 Å². The molecule has 1 N–H and O–H groups in total. The van der Waals surface area contributed by atoms with Crippen LogP contribution < -0.4 is 5.32 Å². The minimum Gasteiger partial charge on any atom is -0.370 e. The average molecular weight is 312 g/mol. The first-order valence-electron chi connectivity index (χ1n) is 6.07. The molecule has 0 aliphatic heterocycles. The van der Waals surface area contributed by atoms with Crippen LogP contribution in [-0.4, -0.2) is 36.3 Å². The fraction of sp³-hybridized carbons (Fsp3) is 0.333. The molecule has 20 heavy (non-hydrogen) atoms. The van der Waals surface area contributed by atoms with Crippen LogP contribution in [0.2, 0.25) is 0 Å². The largest absolute Gasteiger partial charge is 0.370 e. The van der Waals surface area contributed by atoms with Gasteiger partial charge in [0, 0.05) is 31.2 Å². The maximum Gasteiger partial charge on any atom is 0.243 e. The van der Waals surface area contributed by atoms with E-state index in [9.17, 15) is 8.42 Å². The van der Waals surface area contributed by atoms with Crippen LogP contribution in [0.25, 0.3) is 0 Å². The van der Waals surface area contributed by atoms with Crippen LogP contribution in [0.5, 0.6) is 0 Å². The van der Waals surface area contributed by atoms with Crippen LogP contribution >= 0.6 is 11.3 Å². The molecule has 0 aliphatic carbocycles. The summed E-state index contributed by atoms with van der Waals surface area (Å²) >= 11 is 1.44. The van der Waals surface area contributed by atoms with E-state index in [2.05, 4.69) is 15.3 Å². The first-order chi connectivity index (χ1) is 9.54. The summed E-state index contributed by atoms with van der Waals surface area (Å²) in [5, 5.41) is 4.84. The molecule has 0 fully saturated rings. The van der Waals surface area contributed by atoms with E-state index in [1.165, 1.54) is 34.0 Å². The van der Waals surface area contributed by atoms with Crippen molar-refractivity contribution in [1.82, 2.24) is 14.3 Å². The molecule has 0 aromatic carbocycles. The van der Waals surface area contributed by atoms with Gasteiger partial charge in [-0.15, -0.1) is 11.3 Å². The number of nitrogens with one attached hydrogen (secondary N) is 1. The number of hydrogen-bond donors (Lipinski definition) is 1. The van der Waals surface area contributed by atoms with Crippen LogP contribution in [0.4, 0.5) is 5.82 Å². The number of pyridine rings is 1. The quantitative estimate of drug-likeness (QED) is 0.880. The molecule has 0 amide bonds. The van der Waals surface area contributed by atoms with Crippen LogP contribution in [0.1, 0.15) is 12.6 Å². The number of rotatable bonds is 6. The molecule has 0 aliphatic rings. The molecule has 8 heteroatoms. The van der Waals surface area contributed by atoms with E-state index in [4.69, 9.17) is 0 Å². The third-order valence-corrected chi connectivity index (χ3v) is 5.10.